The summed E-state index contributed by atoms with van der Waals surface area (Å²) in [4.78, 5) is 4.17. The third-order valence-corrected chi connectivity index (χ3v) is 4.96. The zero-order valence-corrected chi connectivity index (χ0v) is 11.5. The number of fused-ring (bicyclic) bond motifs is 1. The highest BCUT2D eigenvalue weighted by molar-refractivity contribution is 7.99. The van der Waals surface area contributed by atoms with Crippen molar-refractivity contribution in [2.45, 2.75) is 23.7 Å². The summed E-state index contributed by atoms with van der Waals surface area (Å²) in [6, 6.07) is 5.39. The summed E-state index contributed by atoms with van der Waals surface area (Å²) in [6.45, 7) is 0. The lowest BCUT2D eigenvalue weighted by Gasteiger charge is -2.35. The molecule has 5 nitrogen and oxygen atoms in total. The first kappa shape index (κ1) is 13.1. The number of hydrogen-bond donors (Lipinski definition) is 3. The van der Waals surface area contributed by atoms with Gasteiger partial charge in [-0.15, -0.1) is 23.1 Å². The Morgan fingerprint density at radius 1 is 1.26 bits per heavy atom. The molecule has 0 spiro atoms. The molecular weight excluding hydrogens is 286 g/mol. The third-order valence-electron chi connectivity index (χ3n) is 3.02. The van der Waals surface area contributed by atoms with Gasteiger partial charge in [0.2, 0.25) is 0 Å². The number of aliphatic hydroxyl groups excluding tert-OH is 3. The van der Waals surface area contributed by atoms with E-state index in [1.807, 2.05) is 12.1 Å². The molecule has 102 valence electrons. The maximum absolute atomic E-state index is 9.88. The number of benzene rings is 1. The summed E-state index contributed by atoms with van der Waals surface area (Å²) in [7, 11) is 0. The average Bonchev–Trinajstić information content (AvgIpc) is 2.86. The lowest BCUT2D eigenvalue weighted by molar-refractivity contribution is -0.0720. The molecular formula is C12H13NO4S2. The van der Waals surface area contributed by atoms with E-state index < -0.39 is 23.7 Å². The van der Waals surface area contributed by atoms with Crippen LogP contribution in [0.4, 0.5) is 0 Å². The van der Waals surface area contributed by atoms with Crippen LogP contribution in [0.5, 0.6) is 5.75 Å². The summed E-state index contributed by atoms with van der Waals surface area (Å²) < 4.78 is 6.60. The van der Waals surface area contributed by atoms with Crippen LogP contribution < -0.4 is 4.74 Å². The molecule has 1 saturated heterocycles. The van der Waals surface area contributed by atoms with Crippen molar-refractivity contribution < 1.29 is 20.1 Å². The van der Waals surface area contributed by atoms with E-state index in [0.717, 1.165) is 10.2 Å². The monoisotopic (exact) mass is 299 g/mol. The molecule has 3 rings (SSSR count). The standard InChI is InChI=1S/C12H13NO4S2/c14-8-4-18-12(16)11(10(8)15)17-6-1-2-7-9(3-6)19-5-13-7/h1-3,5,8,10-12,14-16H,4H2/t8-,10+,11-,12-/m1/s1. The van der Waals surface area contributed by atoms with Gasteiger partial charge in [-0.25, -0.2) is 4.98 Å². The van der Waals surface area contributed by atoms with Crippen LogP contribution in [-0.2, 0) is 0 Å². The van der Waals surface area contributed by atoms with Gasteiger partial charge in [-0.3, -0.25) is 0 Å². The van der Waals surface area contributed by atoms with Crippen molar-refractivity contribution in [3.8, 4) is 5.75 Å². The van der Waals surface area contributed by atoms with Crippen LogP contribution in [0.25, 0.3) is 10.2 Å². The van der Waals surface area contributed by atoms with Gasteiger partial charge >= 0.3 is 0 Å². The average molecular weight is 299 g/mol. The first-order chi connectivity index (χ1) is 9.15. The highest BCUT2D eigenvalue weighted by atomic mass is 32.2. The van der Waals surface area contributed by atoms with Crippen molar-refractivity contribution in [3.63, 3.8) is 0 Å². The Labute approximate surface area is 117 Å². The number of aromatic nitrogens is 1. The van der Waals surface area contributed by atoms with Gasteiger partial charge in [0, 0.05) is 5.75 Å². The maximum atomic E-state index is 9.88. The molecule has 1 aromatic heterocycles. The fourth-order valence-corrected chi connectivity index (χ4v) is 3.68. The Hall–Kier alpha value is -0.860. The second-order valence-corrected chi connectivity index (χ2v) is 6.38. The molecule has 2 heterocycles. The molecule has 0 amide bonds. The van der Waals surface area contributed by atoms with Crippen LogP contribution in [0.2, 0.25) is 0 Å². The predicted octanol–water partition coefficient (Wildman–Crippen LogP) is 0.831. The Balaban J connectivity index is 1.82. The van der Waals surface area contributed by atoms with E-state index in [9.17, 15) is 15.3 Å². The Bertz CT molecular complexity index is 576. The number of ether oxygens (including phenoxy) is 1. The van der Waals surface area contributed by atoms with Gasteiger partial charge in [0.1, 0.15) is 17.3 Å². The second kappa shape index (κ2) is 5.26. The first-order valence-corrected chi connectivity index (χ1v) is 7.74. The lowest BCUT2D eigenvalue weighted by atomic mass is 10.1. The van der Waals surface area contributed by atoms with Crippen molar-refractivity contribution in [2.75, 3.05) is 5.75 Å². The summed E-state index contributed by atoms with van der Waals surface area (Å²) >= 11 is 2.67. The van der Waals surface area contributed by atoms with Gasteiger partial charge in [-0.2, -0.15) is 0 Å². The Kier molecular flexibility index (Phi) is 3.64. The molecule has 7 heteroatoms. The van der Waals surface area contributed by atoms with Gasteiger partial charge in [-0.1, -0.05) is 0 Å². The fourth-order valence-electron chi connectivity index (χ4n) is 1.97. The highest BCUT2D eigenvalue weighted by Gasteiger charge is 2.39. The molecule has 2 aromatic rings. The molecule has 0 unspecified atom stereocenters. The molecule has 3 N–H and O–H groups in total. The van der Waals surface area contributed by atoms with Crippen molar-refractivity contribution in [3.05, 3.63) is 23.7 Å². The van der Waals surface area contributed by atoms with E-state index in [0.29, 0.717) is 11.5 Å². The largest absolute Gasteiger partial charge is 0.484 e. The summed E-state index contributed by atoms with van der Waals surface area (Å²) in [6.07, 6.45) is -2.81. The number of thiazole rings is 1. The van der Waals surface area contributed by atoms with Gasteiger partial charge in [0.15, 0.2) is 6.10 Å². The molecule has 1 aromatic carbocycles. The SMILES string of the molecule is O[C@@H]1[C@@H](Oc2ccc3ncsc3c2)[C@H](O)SC[C@H]1O. The van der Waals surface area contributed by atoms with Crippen LogP contribution in [0, 0.1) is 0 Å². The molecule has 0 aliphatic carbocycles. The first-order valence-electron chi connectivity index (χ1n) is 5.81. The quantitative estimate of drug-likeness (QED) is 0.762. The van der Waals surface area contributed by atoms with E-state index in [-0.39, 0.29) is 0 Å². The van der Waals surface area contributed by atoms with Crippen LogP contribution in [0.1, 0.15) is 0 Å². The van der Waals surface area contributed by atoms with E-state index >= 15 is 0 Å². The third kappa shape index (κ3) is 2.56. The number of hydrogen-bond acceptors (Lipinski definition) is 7. The number of thioether (sulfide) groups is 1. The fraction of sp³-hybridized carbons (Fsp3) is 0.417. The molecule has 4 atom stereocenters. The van der Waals surface area contributed by atoms with Crippen molar-refractivity contribution >= 4 is 33.3 Å². The maximum Gasteiger partial charge on any atom is 0.162 e. The minimum absolute atomic E-state index is 0.302. The van der Waals surface area contributed by atoms with E-state index in [1.165, 1.54) is 23.1 Å². The zero-order valence-electron chi connectivity index (χ0n) is 9.84. The van der Waals surface area contributed by atoms with Gasteiger partial charge < -0.3 is 20.1 Å². The number of aliphatic hydroxyl groups is 3. The predicted molar refractivity (Wildman–Crippen MR) is 74.5 cm³/mol. The summed E-state index contributed by atoms with van der Waals surface area (Å²) in [5, 5.41) is 29.3. The van der Waals surface area contributed by atoms with Crippen LogP contribution in [0.3, 0.4) is 0 Å². The molecule has 1 aliphatic heterocycles. The molecule has 19 heavy (non-hydrogen) atoms. The smallest absolute Gasteiger partial charge is 0.162 e. The molecule has 0 radical (unpaired) electrons. The van der Waals surface area contributed by atoms with Crippen LogP contribution in [-0.4, -0.2) is 49.8 Å². The van der Waals surface area contributed by atoms with Gasteiger partial charge in [-0.05, 0) is 18.2 Å². The summed E-state index contributed by atoms with van der Waals surface area (Å²) in [5.74, 6) is 0.852. The normalized spacial score (nSPS) is 31.5. The van der Waals surface area contributed by atoms with E-state index in [4.69, 9.17) is 4.74 Å². The molecule has 1 fully saturated rings. The van der Waals surface area contributed by atoms with Crippen molar-refractivity contribution in [1.29, 1.82) is 0 Å². The molecule has 0 saturated carbocycles. The second-order valence-electron chi connectivity index (χ2n) is 4.35. The van der Waals surface area contributed by atoms with E-state index in [1.54, 1.807) is 11.6 Å². The molecule has 1 aliphatic rings. The lowest BCUT2D eigenvalue weighted by Crippen LogP contribution is -2.51. The topological polar surface area (TPSA) is 82.8 Å². The number of rotatable bonds is 2. The Morgan fingerprint density at radius 2 is 2.11 bits per heavy atom. The highest BCUT2D eigenvalue weighted by Crippen LogP contribution is 2.30. The summed E-state index contributed by atoms with van der Waals surface area (Å²) in [5.41, 5.74) is 1.78. The van der Waals surface area contributed by atoms with Gasteiger partial charge in [0.05, 0.1) is 21.8 Å². The van der Waals surface area contributed by atoms with Crippen LogP contribution >= 0.6 is 23.1 Å². The van der Waals surface area contributed by atoms with Gasteiger partial charge in [0.25, 0.3) is 0 Å². The van der Waals surface area contributed by atoms with Crippen molar-refractivity contribution in [2.24, 2.45) is 0 Å². The Morgan fingerprint density at radius 3 is 2.95 bits per heavy atom. The minimum Gasteiger partial charge on any atom is -0.484 e. The number of nitrogens with zero attached hydrogens (tertiary/aromatic N) is 1. The van der Waals surface area contributed by atoms with E-state index in [2.05, 4.69) is 4.98 Å². The zero-order chi connectivity index (χ0) is 13.4. The van der Waals surface area contributed by atoms with Crippen LogP contribution in [0.15, 0.2) is 23.7 Å². The minimum atomic E-state index is -1.09. The molecule has 0 bridgehead atoms. The van der Waals surface area contributed by atoms with Crippen molar-refractivity contribution in [1.82, 2.24) is 4.98 Å².